The Hall–Kier alpha value is -10.6. The molecule has 0 aliphatic carbocycles. The van der Waals surface area contributed by atoms with Crippen molar-refractivity contribution in [1.29, 1.82) is 0 Å². The highest BCUT2D eigenvalue weighted by Gasteiger charge is 2.21. The van der Waals surface area contributed by atoms with Crippen LogP contribution in [0.2, 0.25) is 0 Å². The molecule has 13 aromatic carbocycles. The Labute approximate surface area is 462 Å². The molecule has 0 atom stereocenters. The fraction of sp³-hybridized carbons (Fsp3) is 0. The molecule has 13 aromatic rings. The lowest BCUT2D eigenvalue weighted by Crippen LogP contribution is -2.13. The van der Waals surface area contributed by atoms with Crippen molar-refractivity contribution in [2.24, 2.45) is 0 Å². The van der Waals surface area contributed by atoms with Crippen molar-refractivity contribution in [2.75, 3.05) is 24.5 Å². The monoisotopic (exact) mass is 1010 g/mol. The van der Waals surface area contributed by atoms with Crippen LogP contribution in [0.25, 0.3) is 21.5 Å². The minimum atomic E-state index is 1.05. The second kappa shape index (κ2) is 21.9. The fourth-order valence-electron chi connectivity index (χ4n) is 10.8. The van der Waals surface area contributed by atoms with Crippen LogP contribution in [0, 0.1) is 0 Å². The van der Waals surface area contributed by atoms with E-state index in [9.17, 15) is 0 Å². The fourth-order valence-corrected chi connectivity index (χ4v) is 10.8. The second-order valence-electron chi connectivity index (χ2n) is 19.5. The molecule has 79 heavy (non-hydrogen) atoms. The molecule has 13 rings (SSSR count). The van der Waals surface area contributed by atoms with E-state index in [2.05, 4.69) is 358 Å². The van der Waals surface area contributed by atoms with Gasteiger partial charge in [0.05, 0.1) is 0 Å². The van der Waals surface area contributed by atoms with Crippen molar-refractivity contribution in [1.82, 2.24) is 0 Å². The lowest BCUT2D eigenvalue weighted by Gasteiger charge is -2.30. The van der Waals surface area contributed by atoms with Gasteiger partial charge >= 0.3 is 0 Å². The summed E-state index contributed by atoms with van der Waals surface area (Å²) in [6.45, 7) is 0. The van der Waals surface area contributed by atoms with Crippen LogP contribution >= 0.6 is 0 Å². The lowest BCUT2D eigenvalue weighted by molar-refractivity contribution is 1.24. The van der Waals surface area contributed by atoms with Gasteiger partial charge in [-0.15, -0.1) is 0 Å². The molecule has 0 amide bonds. The molecule has 5 heteroatoms. The van der Waals surface area contributed by atoms with E-state index in [1.54, 1.807) is 0 Å². The second-order valence-corrected chi connectivity index (χ2v) is 19.5. The van der Waals surface area contributed by atoms with Crippen LogP contribution in [-0.4, -0.2) is 0 Å². The minimum absolute atomic E-state index is 1.05. The minimum Gasteiger partial charge on any atom is -0.311 e. The first-order valence-corrected chi connectivity index (χ1v) is 26.8. The Kier molecular flexibility index (Phi) is 13.3. The molecule has 0 aliphatic rings. The van der Waals surface area contributed by atoms with Crippen LogP contribution in [-0.2, 0) is 0 Å². The predicted octanol–water partition coefficient (Wildman–Crippen LogP) is 21.3. The summed E-state index contributed by atoms with van der Waals surface area (Å²) in [5.41, 5.74) is 16.1. The van der Waals surface area contributed by atoms with Gasteiger partial charge in [0.2, 0.25) is 0 Å². The van der Waals surface area contributed by atoms with Crippen molar-refractivity contribution < 1.29 is 0 Å². The summed E-state index contributed by atoms with van der Waals surface area (Å²) >= 11 is 0. The normalized spacial score (nSPS) is 11.0. The van der Waals surface area contributed by atoms with Crippen molar-refractivity contribution >= 4 is 107 Å². The van der Waals surface area contributed by atoms with Crippen molar-refractivity contribution in [3.63, 3.8) is 0 Å². The van der Waals surface area contributed by atoms with Gasteiger partial charge in [0.25, 0.3) is 0 Å². The number of benzene rings is 13. The first-order chi connectivity index (χ1) is 39.2. The Morgan fingerprint density at radius 1 is 0.114 bits per heavy atom. The summed E-state index contributed by atoms with van der Waals surface area (Å²) in [6, 6.07) is 119. The molecule has 376 valence electrons. The van der Waals surface area contributed by atoms with Crippen LogP contribution in [0.3, 0.4) is 0 Å². The van der Waals surface area contributed by atoms with E-state index in [-0.39, 0.29) is 0 Å². The summed E-state index contributed by atoms with van der Waals surface area (Å²) < 4.78 is 0. The van der Waals surface area contributed by atoms with Crippen LogP contribution in [0.5, 0.6) is 0 Å². The topological polar surface area (TPSA) is 16.2 Å². The number of hydrogen-bond acceptors (Lipinski definition) is 5. The van der Waals surface area contributed by atoms with Gasteiger partial charge in [0.1, 0.15) is 0 Å². The molecule has 0 saturated heterocycles. The Morgan fingerprint density at radius 2 is 0.266 bits per heavy atom. The molecule has 0 saturated carbocycles. The highest BCUT2D eigenvalue weighted by molar-refractivity contribution is 5.92. The zero-order valence-corrected chi connectivity index (χ0v) is 43.5. The maximum absolute atomic E-state index is 2.33. The largest absolute Gasteiger partial charge is 0.311 e. The van der Waals surface area contributed by atoms with E-state index in [0.717, 1.165) is 85.3 Å². The molecule has 0 fully saturated rings. The molecule has 0 N–H and O–H groups in total. The first kappa shape index (κ1) is 48.1. The van der Waals surface area contributed by atoms with Gasteiger partial charge in [-0.2, -0.15) is 0 Å². The van der Waals surface area contributed by atoms with E-state index in [0.29, 0.717) is 0 Å². The van der Waals surface area contributed by atoms with Gasteiger partial charge in [-0.3, -0.25) is 0 Å². The van der Waals surface area contributed by atoms with E-state index in [4.69, 9.17) is 0 Å². The summed E-state index contributed by atoms with van der Waals surface area (Å²) in [7, 11) is 0. The standard InChI is InChI=1S/C74H55N5/c1-6-24-60(25-7-1)75(65-38-42-67(43-39-65)76(61-26-8-2-9-27-61)69-46-50-71(51-47-69)78(63-30-12-4-13-31-63)73-36-34-56-20-16-18-22-58(56)54-73)66-40-44-68(45-41-66)77(62-28-10-3-11-29-62)70-48-52-72(53-49-70)79(64-32-14-5-15-33-64)74-37-35-57-21-17-19-23-59(57)55-74/h1-55H. The zero-order valence-electron chi connectivity index (χ0n) is 43.5. The lowest BCUT2D eigenvalue weighted by atomic mass is 10.1. The smallest absolute Gasteiger partial charge is 0.0468 e. The number of anilines is 15. The predicted molar refractivity (Wildman–Crippen MR) is 335 cm³/mol. The van der Waals surface area contributed by atoms with Crippen LogP contribution in [0.4, 0.5) is 85.3 Å². The number of hydrogen-bond donors (Lipinski definition) is 0. The quantitative estimate of drug-likeness (QED) is 0.101. The third kappa shape index (κ3) is 10.0. The maximum Gasteiger partial charge on any atom is 0.0468 e. The zero-order chi connectivity index (χ0) is 52.7. The highest BCUT2D eigenvalue weighted by Crippen LogP contribution is 2.44. The van der Waals surface area contributed by atoms with Crippen LogP contribution < -0.4 is 24.5 Å². The van der Waals surface area contributed by atoms with Crippen molar-refractivity contribution in [3.8, 4) is 0 Å². The van der Waals surface area contributed by atoms with E-state index in [1.807, 2.05) is 0 Å². The van der Waals surface area contributed by atoms with Gasteiger partial charge in [-0.05, 0) is 204 Å². The average Bonchev–Trinajstić information content (AvgIpc) is 3.57. The summed E-state index contributed by atoms with van der Waals surface area (Å²) in [5.74, 6) is 0. The summed E-state index contributed by atoms with van der Waals surface area (Å²) in [5, 5.41) is 4.85. The van der Waals surface area contributed by atoms with Gasteiger partial charge < -0.3 is 24.5 Å². The average molecular weight is 1010 g/mol. The van der Waals surface area contributed by atoms with Crippen LogP contribution in [0.1, 0.15) is 0 Å². The molecule has 0 spiro atoms. The first-order valence-electron chi connectivity index (χ1n) is 26.8. The highest BCUT2D eigenvalue weighted by atomic mass is 15.2. The Balaban J connectivity index is 0.820. The molecule has 0 radical (unpaired) electrons. The summed E-state index contributed by atoms with van der Waals surface area (Å²) in [4.78, 5) is 11.6. The van der Waals surface area contributed by atoms with Gasteiger partial charge in [-0.1, -0.05) is 152 Å². The van der Waals surface area contributed by atoms with E-state index < -0.39 is 0 Å². The van der Waals surface area contributed by atoms with Gasteiger partial charge in [0.15, 0.2) is 0 Å². The molecule has 0 aliphatic heterocycles. The molecular formula is C74H55N5. The molecular weight excluding hydrogens is 959 g/mol. The number of fused-ring (bicyclic) bond motifs is 2. The molecule has 0 heterocycles. The third-order valence-electron chi connectivity index (χ3n) is 14.5. The molecule has 5 nitrogen and oxygen atoms in total. The maximum atomic E-state index is 2.33. The third-order valence-corrected chi connectivity index (χ3v) is 14.5. The van der Waals surface area contributed by atoms with Crippen LogP contribution in [0.15, 0.2) is 334 Å². The van der Waals surface area contributed by atoms with Crippen molar-refractivity contribution in [3.05, 3.63) is 334 Å². The SMILES string of the molecule is c1ccc(N(c2ccc(N(c3ccccc3)c3ccc(N(c4ccccc4)c4ccc5ccccc5c4)cc3)cc2)c2ccc(N(c3ccccc3)c3ccc(N(c4ccccc4)c4ccc5ccccc5c4)cc3)cc2)cc1. The van der Waals surface area contributed by atoms with E-state index in [1.165, 1.54) is 21.5 Å². The van der Waals surface area contributed by atoms with Crippen molar-refractivity contribution in [2.45, 2.75) is 0 Å². The van der Waals surface area contributed by atoms with Gasteiger partial charge in [-0.25, -0.2) is 0 Å². The van der Waals surface area contributed by atoms with Gasteiger partial charge in [0, 0.05) is 85.3 Å². The number of nitrogens with zero attached hydrogens (tertiary/aromatic N) is 5. The summed E-state index contributed by atoms with van der Waals surface area (Å²) in [6.07, 6.45) is 0. The Morgan fingerprint density at radius 3 is 0.481 bits per heavy atom. The molecule has 0 bridgehead atoms. The molecule has 0 unspecified atom stereocenters. The number of para-hydroxylation sites is 5. The Bertz CT molecular complexity index is 3850. The van der Waals surface area contributed by atoms with E-state index >= 15 is 0 Å². The molecule has 0 aromatic heterocycles. The number of rotatable bonds is 15.